The number of hydrogen-bond donors (Lipinski definition) is 2. The maximum absolute atomic E-state index is 12.6. The Labute approximate surface area is 148 Å². The number of nitrogen functional groups attached to an aromatic ring is 1. The van der Waals surface area contributed by atoms with Gasteiger partial charge in [-0.05, 0) is 81.6 Å². The number of halogens is 4. The molecule has 0 aliphatic carbocycles. The first kappa shape index (κ1) is 18.5. The van der Waals surface area contributed by atoms with Crippen molar-refractivity contribution in [2.75, 3.05) is 5.73 Å². The maximum atomic E-state index is 12.6. The molecule has 4 nitrogen and oxygen atoms in total. The van der Waals surface area contributed by atoms with Crippen LogP contribution in [0.2, 0.25) is 0 Å². The first-order valence-corrected chi connectivity index (χ1v) is 8.99. The number of rotatable bonds is 1. The van der Waals surface area contributed by atoms with Gasteiger partial charge in [0.1, 0.15) is 11.6 Å². The van der Waals surface area contributed by atoms with Gasteiger partial charge in [-0.2, -0.15) is 0 Å². The zero-order valence-electron chi connectivity index (χ0n) is 10.4. The Morgan fingerprint density at radius 2 is 1.33 bits per heavy atom. The van der Waals surface area contributed by atoms with Crippen molar-refractivity contribution in [3.05, 3.63) is 55.2 Å². The first-order chi connectivity index (χ1) is 9.57. The van der Waals surface area contributed by atoms with E-state index >= 15 is 0 Å². The monoisotopic (exact) mass is 538 g/mol. The Kier molecular flexibility index (Phi) is 6.74. The number of benzene rings is 2. The number of primary sulfonamides is 1. The highest BCUT2D eigenvalue weighted by atomic mass is 127. The standard InChI is InChI=1S/C6H5FINO2S.C6H5FIN/c7-4-1-5(8)3-6(2-4)12(9,10)11;7-4-1-5(8)3-6(9)2-4/h1-3H,(H2,9,10,11);1-3H,9H2. The van der Waals surface area contributed by atoms with Crippen molar-refractivity contribution >= 4 is 60.9 Å². The summed E-state index contributed by atoms with van der Waals surface area (Å²) in [4.78, 5) is -0.202. The molecule has 0 radical (unpaired) electrons. The summed E-state index contributed by atoms with van der Waals surface area (Å²) < 4.78 is 47.8. The van der Waals surface area contributed by atoms with E-state index in [0.29, 0.717) is 9.26 Å². The molecule has 0 aromatic heterocycles. The summed E-state index contributed by atoms with van der Waals surface area (Å²) in [5.74, 6) is -0.884. The second kappa shape index (κ2) is 7.65. The van der Waals surface area contributed by atoms with Gasteiger partial charge in [0.15, 0.2) is 0 Å². The Hall–Kier alpha value is -0.530. The van der Waals surface area contributed by atoms with Crippen LogP contribution in [0.4, 0.5) is 14.5 Å². The van der Waals surface area contributed by atoms with Crippen LogP contribution < -0.4 is 10.9 Å². The van der Waals surface area contributed by atoms with Crippen molar-refractivity contribution in [2.45, 2.75) is 4.90 Å². The Bertz CT molecular complexity index is 684. The Morgan fingerprint density at radius 1 is 0.857 bits per heavy atom. The Morgan fingerprint density at radius 3 is 1.71 bits per heavy atom. The molecule has 0 aliphatic rings. The fourth-order valence-corrected chi connectivity index (χ4v) is 3.34. The molecular formula is C12H10F2I2N2O2S. The van der Waals surface area contributed by atoms with Crippen LogP contribution >= 0.6 is 45.2 Å². The molecule has 21 heavy (non-hydrogen) atoms. The van der Waals surface area contributed by atoms with Crippen LogP contribution in [0, 0.1) is 18.8 Å². The number of anilines is 1. The lowest BCUT2D eigenvalue weighted by atomic mass is 10.3. The van der Waals surface area contributed by atoms with Crippen molar-refractivity contribution in [2.24, 2.45) is 5.14 Å². The molecule has 0 bridgehead atoms. The van der Waals surface area contributed by atoms with E-state index in [1.54, 1.807) is 6.07 Å². The van der Waals surface area contributed by atoms with Crippen LogP contribution in [0.5, 0.6) is 0 Å². The van der Waals surface area contributed by atoms with E-state index < -0.39 is 15.8 Å². The van der Waals surface area contributed by atoms with Gasteiger partial charge in [0.05, 0.1) is 4.90 Å². The van der Waals surface area contributed by atoms with Crippen LogP contribution in [0.15, 0.2) is 41.3 Å². The first-order valence-electron chi connectivity index (χ1n) is 5.28. The van der Waals surface area contributed by atoms with E-state index in [0.717, 1.165) is 9.64 Å². The lowest BCUT2D eigenvalue weighted by Gasteiger charge is -1.98. The number of sulfonamides is 1. The molecule has 0 spiro atoms. The molecule has 0 unspecified atom stereocenters. The molecule has 9 heteroatoms. The topological polar surface area (TPSA) is 86.2 Å². The van der Waals surface area contributed by atoms with Gasteiger partial charge < -0.3 is 5.73 Å². The van der Waals surface area contributed by atoms with Crippen molar-refractivity contribution in [3.63, 3.8) is 0 Å². The van der Waals surface area contributed by atoms with Crippen LogP contribution in [0.3, 0.4) is 0 Å². The minimum absolute atomic E-state index is 0.202. The predicted octanol–water partition coefficient (Wildman–Crippen LogP) is 3.09. The van der Waals surface area contributed by atoms with E-state index in [2.05, 4.69) is 0 Å². The van der Waals surface area contributed by atoms with E-state index in [9.17, 15) is 17.2 Å². The molecule has 0 atom stereocenters. The summed E-state index contributed by atoms with van der Waals surface area (Å²) in [7, 11) is -3.79. The molecule has 2 rings (SSSR count). The Balaban J connectivity index is 0.000000219. The van der Waals surface area contributed by atoms with Gasteiger partial charge in [0.25, 0.3) is 0 Å². The molecule has 2 aromatic rings. The van der Waals surface area contributed by atoms with Gasteiger partial charge in [0.2, 0.25) is 10.0 Å². The molecule has 4 N–H and O–H groups in total. The minimum Gasteiger partial charge on any atom is -0.399 e. The van der Waals surface area contributed by atoms with Gasteiger partial charge in [-0.1, -0.05) is 0 Å². The molecular weight excluding hydrogens is 528 g/mol. The smallest absolute Gasteiger partial charge is 0.238 e. The van der Waals surface area contributed by atoms with Crippen LogP contribution in [-0.4, -0.2) is 8.42 Å². The average molecular weight is 538 g/mol. The third-order valence-electron chi connectivity index (χ3n) is 2.05. The number of hydrogen-bond acceptors (Lipinski definition) is 3. The molecule has 2 aromatic carbocycles. The summed E-state index contributed by atoms with van der Waals surface area (Å²) in [5, 5.41) is 4.80. The fraction of sp³-hybridized carbons (Fsp3) is 0. The zero-order valence-corrected chi connectivity index (χ0v) is 15.5. The molecule has 0 fully saturated rings. The molecule has 0 saturated carbocycles. The highest BCUT2D eigenvalue weighted by Gasteiger charge is 2.09. The van der Waals surface area contributed by atoms with Crippen LogP contribution in [0.25, 0.3) is 0 Å². The largest absolute Gasteiger partial charge is 0.399 e. The molecule has 0 amide bonds. The highest BCUT2D eigenvalue weighted by molar-refractivity contribution is 14.1. The zero-order chi connectivity index (χ0) is 16.2. The molecule has 0 aliphatic heterocycles. The lowest BCUT2D eigenvalue weighted by molar-refractivity contribution is 0.592. The summed E-state index contributed by atoms with van der Waals surface area (Å²) >= 11 is 3.82. The van der Waals surface area contributed by atoms with Gasteiger partial charge in [0, 0.05) is 12.8 Å². The minimum atomic E-state index is -3.79. The molecule has 114 valence electrons. The summed E-state index contributed by atoms with van der Waals surface area (Å²) in [6, 6.07) is 7.84. The maximum Gasteiger partial charge on any atom is 0.238 e. The summed E-state index contributed by atoms with van der Waals surface area (Å²) in [5.41, 5.74) is 5.79. The third-order valence-corrected chi connectivity index (χ3v) is 4.19. The van der Waals surface area contributed by atoms with E-state index in [-0.39, 0.29) is 10.7 Å². The van der Waals surface area contributed by atoms with Crippen molar-refractivity contribution in [1.29, 1.82) is 0 Å². The van der Waals surface area contributed by atoms with Gasteiger partial charge in [-0.25, -0.2) is 22.3 Å². The fourth-order valence-electron chi connectivity index (χ4n) is 1.27. The molecule has 0 heterocycles. The van der Waals surface area contributed by atoms with E-state index in [4.69, 9.17) is 10.9 Å². The predicted molar refractivity (Wildman–Crippen MR) is 94.0 cm³/mol. The lowest BCUT2D eigenvalue weighted by Crippen LogP contribution is -2.12. The number of nitrogens with two attached hydrogens (primary N) is 2. The van der Waals surface area contributed by atoms with Crippen LogP contribution in [-0.2, 0) is 10.0 Å². The molecule has 0 saturated heterocycles. The highest BCUT2D eigenvalue weighted by Crippen LogP contribution is 2.14. The van der Waals surface area contributed by atoms with Gasteiger partial charge in [-0.15, -0.1) is 0 Å². The van der Waals surface area contributed by atoms with Crippen molar-refractivity contribution in [3.8, 4) is 0 Å². The van der Waals surface area contributed by atoms with Gasteiger partial charge >= 0.3 is 0 Å². The average Bonchev–Trinajstić information content (AvgIpc) is 2.24. The van der Waals surface area contributed by atoms with Gasteiger partial charge in [-0.3, -0.25) is 0 Å². The summed E-state index contributed by atoms with van der Waals surface area (Å²) in [6.07, 6.45) is 0. The van der Waals surface area contributed by atoms with E-state index in [1.807, 2.05) is 45.2 Å². The van der Waals surface area contributed by atoms with Crippen molar-refractivity contribution < 1.29 is 17.2 Å². The van der Waals surface area contributed by atoms with E-state index in [1.165, 1.54) is 24.3 Å². The third kappa shape index (κ3) is 6.84. The second-order valence-corrected chi connectivity index (χ2v) is 7.91. The quantitative estimate of drug-likeness (QED) is 0.433. The normalized spacial score (nSPS) is 10.7. The second-order valence-electron chi connectivity index (χ2n) is 3.85. The van der Waals surface area contributed by atoms with Crippen molar-refractivity contribution in [1.82, 2.24) is 0 Å². The van der Waals surface area contributed by atoms with Crippen LogP contribution in [0.1, 0.15) is 0 Å². The SMILES string of the molecule is NS(=O)(=O)c1cc(F)cc(I)c1.Nc1cc(F)cc(I)c1. The summed E-state index contributed by atoms with van der Waals surface area (Å²) in [6.45, 7) is 0.